The van der Waals surface area contributed by atoms with E-state index < -0.39 is 0 Å². The van der Waals surface area contributed by atoms with E-state index in [1.165, 1.54) is 16.7 Å². The molecule has 35 heavy (non-hydrogen) atoms. The zero-order valence-electron chi connectivity index (χ0n) is 19.8. The maximum atomic E-state index is 13.1. The minimum absolute atomic E-state index is 0.0429. The summed E-state index contributed by atoms with van der Waals surface area (Å²) in [5.41, 5.74) is 2.10. The van der Waals surface area contributed by atoms with E-state index in [1.807, 2.05) is 66.6 Å². The number of fused-ring (bicyclic) bond motifs is 1. The molecule has 6 nitrogen and oxygen atoms in total. The third-order valence-corrected chi connectivity index (χ3v) is 7.59. The lowest BCUT2D eigenvalue weighted by Crippen LogP contribution is -2.42. The lowest BCUT2D eigenvalue weighted by Gasteiger charge is -2.31. The number of amides is 2. The highest BCUT2D eigenvalue weighted by atomic mass is 32.1. The van der Waals surface area contributed by atoms with Crippen molar-refractivity contribution in [1.82, 2.24) is 14.8 Å². The van der Waals surface area contributed by atoms with Crippen molar-refractivity contribution < 1.29 is 14.3 Å². The molecule has 0 spiro atoms. The van der Waals surface area contributed by atoms with Crippen LogP contribution in [0.25, 0.3) is 15.9 Å². The molecule has 180 valence electrons. The molecule has 0 unspecified atom stereocenters. The lowest BCUT2D eigenvalue weighted by molar-refractivity contribution is -0.126. The number of piperidine rings is 1. The number of carbonyl (C=O) groups excluding carboxylic acids is 2. The van der Waals surface area contributed by atoms with E-state index in [-0.39, 0.29) is 17.7 Å². The van der Waals surface area contributed by atoms with Gasteiger partial charge in [0.25, 0.3) is 5.91 Å². The summed E-state index contributed by atoms with van der Waals surface area (Å²) in [4.78, 5) is 28.5. The van der Waals surface area contributed by atoms with Crippen LogP contribution in [0.3, 0.4) is 0 Å². The van der Waals surface area contributed by atoms with E-state index in [4.69, 9.17) is 4.74 Å². The molecule has 1 fully saturated rings. The highest BCUT2D eigenvalue weighted by molar-refractivity contribution is 7.16. The minimum Gasteiger partial charge on any atom is -0.494 e. The van der Waals surface area contributed by atoms with Crippen molar-refractivity contribution in [2.75, 3.05) is 19.7 Å². The van der Waals surface area contributed by atoms with Crippen LogP contribution in [0.2, 0.25) is 0 Å². The molecule has 1 aliphatic heterocycles. The third kappa shape index (κ3) is 4.95. The van der Waals surface area contributed by atoms with Gasteiger partial charge in [0.2, 0.25) is 5.91 Å². The standard InChI is InChI=1S/C28H29N3O3S/c1-2-34-24-10-6-4-8-22(24)19-29-27(32)21-13-16-30(17-14-21)28(33)25-11-12-26(35-25)31-18-15-20-7-3-5-9-23(20)31/h3-12,15,18,21H,2,13-14,16-17,19H2,1H3,(H,29,32). The number of hydrogen-bond acceptors (Lipinski definition) is 4. The van der Waals surface area contributed by atoms with Gasteiger partial charge in [-0.15, -0.1) is 11.3 Å². The van der Waals surface area contributed by atoms with E-state index in [0.29, 0.717) is 39.1 Å². The molecule has 2 amide bonds. The first-order valence-corrected chi connectivity index (χ1v) is 12.9. The molecule has 2 aromatic heterocycles. The molecule has 2 aromatic carbocycles. The Hall–Kier alpha value is -3.58. The predicted molar refractivity (Wildman–Crippen MR) is 139 cm³/mol. The number of likely N-dealkylation sites (tertiary alicyclic amines) is 1. The Morgan fingerprint density at radius 3 is 2.60 bits per heavy atom. The van der Waals surface area contributed by atoms with Crippen LogP contribution < -0.4 is 10.1 Å². The summed E-state index contributed by atoms with van der Waals surface area (Å²) in [5.74, 6) is 0.811. The van der Waals surface area contributed by atoms with Crippen LogP contribution in [-0.4, -0.2) is 41.0 Å². The number of carbonyl (C=O) groups is 2. The molecule has 1 saturated heterocycles. The first-order valence-electron chi connectivity index (χ1n) is 12.1. The number of thiophene rings is 1. The van der Waals surface area contributed by atoms with Gasteiger partial charge in [-0.25, -0.2) is 0 Å². The molecule has 1 N–H and O–H groups in total. The quantitative estimate of drug-likeness (QED) is 0.387. The number of benzene rings is 2. The van der Waals surface area contributed by atoms with E-state index in [0.717, 1.165) is 26.7 Å². The molecule has 0 radical (unpaired) electrons. The monoisotopic (exact) mass is 487 g/mol. The highest BCUT2D eigenvalue weighted by Gasteiger charge is 2.28. The van der Waals surface area contributed by atoms with Gasteiger partial charge < -0.3 is 19.5 Å². The number of ether oxygens (including phenoxy) is 1. The third-order valence-electron chi connectivity index (χ3n) is 6.52. The van der Waals surface area contributed by atoms with E-state index in [1.54, 1.807) is 0 Å². The minimum atomic E-state index is -0.0801. The van der Waals surface area contributed by atoms with Crippen LogP contribution in [-0.2, 0) is 11.3 Å². The summed E-state index contributed by atoms with van der Waals surface area (Å²) in [5, 5.41) is 5.25. The predicted octanol–water partition coefficient (Wildman–Crippen LogP) is 5.26. The number of nitrogens with one attached hydrogen (secondary N) is 1. The number of nitrogens with zero attached hydrogens (tertiary/aromatic N) is 2. The van der Waals surface area contributed by atoms with Crippen molar-refractivity contribution in [1.29, 1.82) is 0 Å². The van der Waals surface area contributed by atoms with Crippen LogP contribution in [0, 0.1) is 5.92 Å². The molecule has 3 heterocycles. The Labute approximate surface area is 209 Å². The topological polar surface area (TPSA) is 63.6 Å². The first kappa shape index (κ1) is 23.2. The molecule has 5 rings (SSSR count). The van der Waals surface area contributed by atoms with Crippen molar-refractivity contribution in [2.24, 2.45) is 5.92 Å². The van der Waals surface area contributed by atoms with Gasteiger partial charge >= 0.3 is 0 Å². The summed E-state index contributed by atoms with van der Waals surface area (Å²) in [6.07, 6.45) is 3.39. The molecule has 7 heteroatoms. The van der Waals surface area contributed by atoms with Crippen LogP contribution in [0.5, 0.6) is 5.75 Å². The SMILES string of the molecule is CCOc1ccccc1CNC(=O)C1CCN(C(=O)c2ccc(-n3ccc4ccccc43)s2)CC1. The lowest BCUT2D eigenvalue weighted by atomic mass is 9.95. The van der Waals surface area contributed by atoms with Crippen LogP contribution >= 0.6 is 11.3 Å². The fraction of sp³-hybridized carbons (Fsp3) is 0.286. The van der Waals surface area contributed by atoms with Crippen LogP contribution in [0.15, 0.2) is 72.9 Å². The van der Waals surface area contributed by atoms with Gasteiger partial charge in [0.1, 0.15) is 10.8 Å². The van der Waals surface area contributed by atoms with Crippen molar-refractivity contribution in [2.45, 2.75) is 26.3 Å². The summed E-state index contributed by atoms with van der Waals surface area (Å²) in [6, 6.07) is 22.0. The second kappa shape index (κ2) is 10.4. The summed E-state index contributed by atoms with van der Waals surface area (Å²) in [7, 11) is 0. The second-order valence-electron chi connectivity index (χ2n) is 8.71. The highest BCUT2D eigenvalue weighted by Crippen LogP contribution is 2.28. The molecule has 0 atom stereocenters. The Morgan fingerprint density at radius 2 is 1.77 bits per heavy atom. The largest absolute Gasteiger partial charge is 0.494 e. The average Bonchev–Trinajstić information content (AvgIpc) is 3.55. The smallest absolute Gasteiger partial charge is 0.263 e. The van der Waals surface area contributed by atoms with E-state index in [2.05, 4.69) is 28.1 Å². The normalized spacial score (nSPS) is 14.3. The molecular formula is C28H29N3O3S. The zero-order valence-corrected chi connectivity index (χ0v) is 20.6. The summed E-state index contributed by atoms with van der Waals surface area (Å²) in [6.45, 7) is 4.16. The average molecular weight is 488 g/mol. The van der Waals surface area contributed by atoms with Crippen LogP contribution in [0.1, 0.15) is 35.0 Å². The van der Waals surface area contributed by atoms with Crippen molar-refractivity contribution in [3.05, 3.63) is 83.4 Å². The molecule has 4 aromatic rings. The van der Waals surface area contributed by atoms with Gasteiger partial charge in [-0.2, -0.15) is 0 Å². The maximum absolute atomic E-state index is 13.1. The Morgan fingerprint density at radius 1 is 1.00 bits per heavy atom. The van der Waals surface area contributed by atoms with E-state index >= 15 is 0 Å². The van der Waals surface area contributed by atoms with Gasteiger partial charge in [-0.3, -0.25) is 9.59 Å². The van der Waals surface area contributed by atoms with Crippen molar-refractivity contribution >= 4 is 34.1 Å². The van der Waals surface area contributed by atoms with Crippen molar-refractivity contribution in [3.63, 3.8) is 0 Å². The second-order valence-corrected chi connectivity index (χ2v) is 9.77. The fourth-order valence-corrected chi connectivity index (χ4v) is 5.59. The Kier molecular flexibility index (Phi) is 6.86. The van der Waals surface area contributed by atoms with Gasteiger partial charge in [0.15, 0.2) is 0 Å². The first-order chi connectivity index (χ1) is 17.1. The molecule has 1 aliphatic rings. The zero-order chi connectivity index (χ0) is 24.2. The molecule has 0 aliphatic carbocycles. The Balaban J connectivity index is 1.16. The van der Waals surface area contributed by atoms with Gasteiger partial charge in [-0.05, 0) is 55.5 Å². The fourth-order valence-electron chi connectivity index (χ4n) is 4.62. The van der Waals surface area contributed by atoms with E-state index in [9.17, 15) is 9.59 Å². The summed E-state index contributed by atoms with van der Waals surface area (Å²) >= 11 is 1.51. The van der Waals surface area contributed by atoms with Gasteiger partial charge in [0, 0.05) is 37.3 Å². The van der Waals surface area contributed by atoms with Crippen LogP contribution in [0.4, 0.5) is 0 Å². The van der Waals surface area contributed by atoms with Crippen molar-refractivity contribution in [3.8, 4) is 10.8 Å². The number of aromatic nitrogens is 1. The molecule has 0 saturated carbocycles. The Bertz CT molecular complexity index is 1330. The summed E-state index contributed by atoms with van der Waals surface area (Å²) < 4.78 is 7.77. The molecule has 0 bridgehead atoms. The van der Waals surface area contributed by atoms with Gasteiger partial charge in [-0.1, -0.05) is 36.4 Å². The van der Waals surface area contributed by atoms with Gasteiger partial charge in [0.05, 0.1) is 17.0 Å². The number of rotatable bonds is 7. The maximum Gasteiger partial charge on any atom is 0.263 e. The molecular weight excluding hydrogens is 458 g/mol. The number of para-hydroxylation sites is 2. The number of hydrogen-bond donors (Lipinski definition) is 1.